The third-order valence-electron chi connectivity index (χ3n) is 16.3. The van der Waals surface area contributed by atoms with Gasteiger partial charge < -0.3 is 54.7 Å². The molecule has 3 aromatic rings. The molecule has 410 valence electrons. The number of rotatable bonds is 7. The van der Waals surface area contributed by atoms with E-state index in [1.54, 1.807) is 70.7 Å². The van der Waals surface area contributed by atoms with Crippen molar-refractivity contribution in [3.8, 4) is 17.2 Å². The van der Waals surface area contributed by atoms with Crippen LogP contribution in [0.2, 0.25) is 0 Å². The number of aromatic hydroxyl groups is 2. The van der Waals surface area contributed by atoms with Gasteiger partial charge in [-0.05, 0) is 64.2 Å². The van der Waals surface area contributed by atoms with Crippen molar-refractivity contribution in [1.29, 1.82) is 0 Å². The highest BCUT2D eigenvalue weighted by atomic mass is 127. The lowest BCUT2D eigenvalue weighted by atomic mass is 9.81. The summed E-state index contributed by atoms with van der Waals surface area (Å²) in [6.45, 7) is 19.0. The highest BCUT2D eigenvalue weighted by molar-refractivity contribution is 14.1. The maximum atomic E-state index is 14.9. The maximum Gasteiger partial charge on any atom is 0.318 e. The number of allylic oxidation sites excluding steroid dienone is 3. The molecule has 1 unspecified atom stereocenters. The van der Waals surface area contributed by atoms with Crippen molar-refractivity contribution in [3.05, 3.63) is 88.3 Å². The molecule has 76 heavy (non-hydrogen) atoms. The van der Waals surface area contributed by atoms with E-state index in [0.29, 0.717) is 50.6 Å². The monoisotopic (exact) mass is 1160 g/mol. The Morgan fingerprint density at radius 3 is 2.28 bits per heavy atom. The number of ketones is 1. The van der Waals surface area contributed by atoms with E-state index in [1.165, 1.54) is 13.2 Å². The SMILES string of the molecule is C/C1=C/C=C/[C@H](C)[C@H](O)[C@@H](C)[C@@H](O)[C@@H](C)[C@H](OC(=O)C(C)C(=O)N2CCC(N(C)c3ccccc3)CC2)[C@H](I)C/C=C/O[C@@]2(C)Oc3c(C)c(O)c4c(O)c(c5c(c4c3C2=O)NC2(CCN(CC(C)C)CC2)N=5)=NC1=O. The van der Waals surface area contributed by atoms with Crippen LogP contribution in [0.1, 0.15) is 103 Å². The normalized spacial score (nSPS) is 29.4. The Morgan fingerprint density at radius 1 is 0.947 bits per heavy atom. The third-order valence-corrected chi connectivity index (χ3v) is 17.5. The average molecular weight is 1160 g/mol. The van der Waals surface area contributed by atoms with E-state index in [1.807, 2.05) is 25.2 Å². The first-order valence-electron chi connectivity index (χ1n) is 26.7. The van der Waals surface area contributed by atoms with Crippen LogP contribution in [-0.2, 0) is 23.9 Å². The van der Waals surface area contributed by atoms with Gasteiger partial charge in [0, 0.05) is 106 Å². The van der Waals surface area contributed by atoms with Crippen molar-refractivity contribution in [2.45, 2.75) is 134 Å². The number of ether oxygens (including phenoxy) is 3. The lowest BCUT2D eigenvalue weighted by molar-refractivity contribution is -0.164. The topological polar surface area (TPSA) is 223 Å². The smallest absolute Gasteiger partial charge is 0.318 e. The quantitative estimate of drug-likeness (QED) is 0.0527. The molecular formula is C58H75IN6O11. The van der Waals surface area contributed by atoms with Crippen LogP contribution >= 0.6 is 22.6 Å². The number of hydrogen-bond acceptors (Lipinski definition) is 15. The molecule has 6 aliphatic heterocycles. The fraction of sp³-hybridized carbons (Fsp3) is 0.552. The minimum Gasteiger partial charge on any atom is -0.507 e. The van der Waals surface area contributed by atoms with Crippen molar-refractivity contribution in [1.82, 2.24) is 9.80 Å². The molecule has 5 N–H and O–H groups in total. The zero-order valence-corrected chi connectivity index (χ0v) is 47.5. The van der Waals surface area contributed by atoms with Gasteiger partial charge in [0.25, 0.3) is 11.7 Å². The second-order valence-corrected chi connectivity index (χ2v) is 23.9. The number of nitrogens with zero attached hydrogens (tertiary/aromatic N) is 5. The number of carbonyl (C=O) groups excluding carboxylic acids is 4. The van der Waals surface area contributed by atoms with Crippen LogP contribution in [-0.4, -0.2) is 133 Å². The van der Waals surface area contributed by atoms with Crippen molar-refractivity contribution < 1.29 is 53.8 Å². The molecule has 0 radical (unpaired) electrons. The van der Waals surface area contributed by atoms with Crippen molar-refractivity contribution in [3.63, 3.8) is 0 Å². The third kappa shape index (κ3) is 11.1. The molecule has 3 aromatic carbocycles. The lowest BCUT2D eigenvalue weighted by Gasteiger charge is -2.39. The number of likely N-dealkylation sites (tertiary alicyclic amines) is 2. The largest absolute Gasteiger partial charge is 0.507 e. The van der Waals surface area contributed by atoms with Gasteiger partial charge >= 0.3 is 11.8 Å². The van der Waals surface area contributed by atoms with Crippen LogP contribution < -0.4 is 25.7 Å². The molecule has 0 saturated carbocycles. The second kappa shape index (κ2) is 22.8. The summed E-state index contributed by atoms with van der Waals surface area (Å²) in [4.78, 5) is 72.9. The molecule has 5 bridgehead atoms. The minimum atomic E-state index is -1.95. The van der Waals surface area contributed by atoms with E-state index in [2.05, 4.69) is 68.7 Å². The zero-order valence-electron chi connectivity index (χ0n) is 45.4. The van der Waals surface area contributed by atoms with Crippen LogP contribution in [0.15, 0.2) is 76.5 Å². The molecule has 9 rings (SSSR count). The highest BCUT2D eigenvalue weighted by Crippen LogP contribution is 2.51. The summed E-state index contributed by atoms with van der Waals surface area (Å²) in [5, 5.41) is 51.5. The number of carbonyl (C=O) groups is 4. The first-order chi connectivity index (χ1) is 36.0. The molecule has 18 heteroatoms. The van der Waals surface area contributed by atoms with Gasteiger partial charge in [0.05, 0.1) is 39.0 Å². The van der Waals surface area contributed by atoms with E-state index < -0.39 is 80.8 Å². The van der Waals surface area contributed by atoms with E-state index >= 15 is 0 Å². The Morgan fingerprint density at radius 2 is 1.62 bits per heavy atom. The van der Waals surface area contributed by atoms with Crippen LogP contribution in [0, 0.1) is 36.5 Å². The van der Waals surface area contributed by atoms with Crippen LogP contribution in [0.5, 0.6) is 17.2 Å². The van der Waals surface area contributed by atoms with Gasteiger partial charge in [-0.15, -0.1) is 0 Å². The van der Waals surface area contributed by atoms with E-state index in [0.717, 1.165) is 25.1 Å². The molecule has 17 nitrogen and oxygen atoms in total. The number of halogens is 1. The van der Waals surface area contributed by atoms with Gasteiger partial charge in [0.1, 0.15) is 39.9 Å². The summed E-state index contributed by atoms with van der Waals surface area (Å²) < 4.78 is 18.3. The molecule has 1 spiro atoms. The van der Waals surface area contributed by atoms with Crippen molar-refractivity contribution in [2.24, 2.45) is 39.6 Å². The maximum absolute atomic E-state index is 14.9. The number of phenols is 2. The minimum absolute atomic E-state index is 0.0535. The number of benzene rings is 3. The van der Waals surface area contributed by atoms with Crippen molar-refractivity contribution in [2.75, 3.05) is 50.0 Å². The first kappa shape index (κ1) is 56.6. The first-order valence-corrected chi connectivity index (χ1v) is 28.0. The molecule has 0 aromatic heterocycles. The summed E-state index contributed by atoms with van der Waals surface area (Å²) in [5.74, 6) is -7.88. The van der Waals surface area contributed by atoms with Crippen molar-refractivity contribution >= 4 is 68.3 Å². The number of nitrogens with one attached hydrogen (secondary N) is 1. The Bertz CT molecular complexity index is 2950. The summed E-state index contributed by atoms with van der Waals surface area (Å²) in [5.41, 5.74) is 0.944. The lowest BCUT2D eigenvalue weighted by Crippen LogP contribution is -2.49. The van der Waals surface area contributed by atoms with E-state index in [-0.39, 0.29) is 68.1 Å². The number of aliphatic hydroxyl groups excluding tert-OH is 2. The van der Waals surface area contributed by atoms with Gasteiger partial charge in [0.2, 0.25) is 5.91 Å². The molecule has 2 amide bonds. The Labute approximate surface area is 458 Å². The molecule has 0 aliphatic carbocycles. The Balaban J connectivity index is 1.11. The van der Waals surface area contributed by atoms with Gasteiger partial charge in [-0.25, -0.2) is 4.99 Å². The Hall–Kier alpha value is -5.57. The predicted molar refractivity (Wildman–Crippen MR) is 298 cm³/mol. The van der Waals surface area contributed by atoms with Gasteiger partial charge in [-0.1, -0.05) is 93.6 Å². The number of fused-ring (bicyclic) bond motifs is 13. The fourth-order valence-electron chi connectivity index (χ4n) is 11.4. The van der Waals surface area contributed by atoms with E-state index in [9.17, 15) is 39.6 Å². The number of aliphatic hydroxyl groups is 2. The van der Waals surface area contributed by atoms with Crippen LogP contribution in [0.4, 0.5) is 11.4 Å². The van der Waals surface area contributed by atoms with Gasteiger partial charge in [0.15, 0.2) is 5.75 Å². The van der Waals surface area contributed by atoms with Gasteiger partial charge in [-0.3, -0.25) is 24.2 Å². The number of phenolic OH excluding ortho intramolecular Hbond substituents is 2. The van der Waals surface area contributed by atoms with Crippen LogP contribution in [0.3, 0.4) is 0 Å². The summed E-state index contributed by atoms with van der Waals surface area (Å²) in [7, 11) is 2.05. The van der Waals surface area contributed by atoms with E-state index in [4.69, 9.17) is 19.2 Å². The number of para-hydroxylation sites is 1. The number of alkyl halides is 1. The van der Waals surface area contributed by atoms with Crippen LogP contribution in [0.25, 0.3) is 10.8 Å². The zero-order chi connectivity index (χ0) is 55.1. The number of amides is 2. The number of esters is 1. The molecule has 6 heterocycles. The summed E-state index contributed by atoms with van der Waals surface area (Å²) in [6, 6.07) is 10.3. The number of Topliss-reactive ketones (excluding diaryl/α,β-unsaturated/α-hetero) is 1. The molecule has 6 aliphatic rings. The Kier molecular flexibility index (Phi) is 17.0. The molecule has 2 saturated heterocycles. The number of piperidine rings is 2. The summed E-state index contributed by atoms with van der Waals surface area (Å²) >= 11 is 2.15. The molecule has 2 fully saturated rings. The number of hydrogen-bond donors (Lipinski definition) is 5. The molecule has 9 atom stereocenters. The van der Waals surface area contributed by atoms with Gasteiger partial charge in [-0.2, -0.15) is 0 Å². The average Bonchev–Trinajstić information content (AvgIpc) is 3.91. The standard InChI is InChI=1S/C58H75IN6O11/c1-31(2)30-64-27-23-58(24-28-64)61-44-41-42-49(68)36(7)52-43(41)53(70)57(9,76-52)74-29-15-20-40(59)51(75-56(73)37(8)55(72)65-25-21-39(22-26-65)63(10)38-18-12-11-13-19-38)35(6)48(67)34(5)47(66)32(3)16-14-17-33(4)54(71)60-46(50(42)69)45(44)62-58/h11-19,29,31-32,34-35,37,39-40,47-48,51,61,66-69H,20-28,30H2,1-10H3/b16-14+,29-15+,33-17-,60-46?/t32-,34+,35+,37?,40+,47-,48+,51-,57-/m0/s1. The number of anilines is 2. The highest BCUT2D eigenvalue weighted by Gasteiger charge is 2.51. The predicted octanol–water partition coefficient (Wildman–Crippen LogP) is 7.04. The summed E-state index contributed by atoms with van der Waals surface area (Å²) in [6.07, 6.45) is 7.41. The second-order valence-electron chi connectivity index (χ2n) is 22.3. The fourth-order valence-corrected chi connectivity index (χ4v) is 12.5. The molecular weight excluding hydrogens is 1080 g/mol.